The lowest BCUT2D eigenvalue weighted by molar-refractivity contribution is -0.138. The number of carboxylic acid groups (broad SMARTS) is 1. The van der Waals surface area contributed by atoms with Crippen molar-refractivity contribution in [2.45, 2.75) is 57.5 Å². The fourth-order valence-corrected chi connectivity index (χ4v) is 2.99. The van der Waals surface area contributed by atoms with Crippen molar-refractivity contribution in [1.82, 2.24) is 4.90 Å². The van der Waals surface area contributed by atoms with Crippen molar-refractivity contribution in [1.29, 1.82) is 0 Å². The maximum absolute atomic E-state index is 11.0. The van der Waals surface area contributed by atoms with E-state index in [-0.39, 0.29) is 0 Å². The first-order chi connectivity index (χ1) is 9.58. The van der Waals surface area contributed by atoms with Gasteiger partial charge in [-0.1, -0.05) is 43.5 Å². The minimum Gasteiger partial charge on any atom is -0.481 e. The SMILES string of the molecule is CC(C(=O)O)c1ccc(CN(C)C2CCCCC2)cc1. The molecule has 0 aliphatic heterocycles. The molecule has 1 aromatic rings. The highest BCUT2D eigenvalue weighted by Crippen LogP contribution is 2.23. The minimum absolute atomic E-state index is 0.430. The Morgan fingerprint density at radius 2 is 1.85 bits per heavy atom. The Labute approximate surface area is 121 Å². The van der Waals surface area contributed by atoms with Crippen LogP contribution < -0.4 is 0 Å². The largest absolute Gasteiger partial charge is 0.481 e. The quantitative estimate of drug-likeness (QED) is 0.892. The Bertz CT molecular complexity index is 435. The summed E-state index contributed by atoms with van der Waals surface area (Å²) in [7, 11) is 2.20. The Hall–Kier alpha value is -1.35. The summed E-state index contributed by atoms with van der Waals surface area (Å²) >= 11 is 0. The summed E-state index contributed by atoms with van der Waals surface area (Å²) in [4.78, 5) is 13.4. The molecule has 0 bridgehead atoms. The summed E-state index contributed by atoms with van der Waals surface area (Å²) < 4.78 is 0. The normalized spacial score (nSPS) is 18.1. The summed E-state index contributed by atoms with van der Waals surface area (Å²) in [6, 6.07) is 8.73. The zero-order valence-corrected chi connectivity index (χ0v) is 12.5. The molecule has 1 fully saturated rings. The van der Waals surface area contributed by atoms with Crippen molar-refractivity contribution in [2.75, 3.05) is 7.05 Å². The molecule has 3 nitrogen and oxygen atoms in total. The van der Waals surface area contributed by atoms with Crippen LogP contribution in [0.1, 0.15) is 56.1 Å². The third-order valence-electron chi connectivity index (χ3n) is 4.48. The first kappa shape index (κ1) is 15.0. The summed E-state index contributed by atoms with van der Waals surface area (Å²) in [6.07, 6.45) is 6.70. The van der Waals surface area contributed by atoms with Gasteiger partial charge < -0.3 is 5.11 Å². The Morgan fingerprint density at radius 3 is 2.40 bits per heavy atom. The molecule has 110 valence electrons. The average molecular weight is 275 g/mol. The van der Waals surface area contributed by atoms with E-state index in [2.05, 4.69) is 24.1 Å². The first-order valence-corrected chi connectivity index (χ1v) is 7.60. The van der Waals surface area contributed by atoms with Gasteiger partial charge in [-0.3, -0.25) is 9.69 Å². The predicted octanol–water partition coefficient (Wildman–Crippen LogP) is 3.64. The second-order valence-electron chi connectivity index (χ2n) is 6.01. The third-order valence-corrected chi connectivity index (χ3v) is 4.48. The van der Waals surface area contributed by atoms with Crippen LogP contribution in [0.25, 0.3) is 0 Å². The van der Waals surface area contributed by atoms with Crippen molar-refractivity contribution in [3.63, 3.8) is 0 Å². The maximum Gasteiger partial charge on any atom is 0.310 e. The topological polar surface area (TPSA) is 40.5 Å². The van der Waals surface area contributed by atoms with E-state index in [4.69, 9.17) is 5.11 Å². The fourth-order valence-electron chi connectivity index (χ4n) is 2.99. The van der Waals surface area contributed by atoms with Crippen LogP contribution in [0.5, 0.6) is 0 Å². The van der Waals surface area contributed by atoms with E-state index in [0.717, 1.165) is 12.1 Å². The molecule has 0 radical (unpaired) electrons. The molecule has 0 saturated heterocycles. The summed E-state index contributed by atoms with van der Waals surface area (Å²) in [5, 5.41) is 9.01. The molecule has 0 spiro atoms. The van der Waals surface area contributed by atoms with Crippen LogP contribution >= 0.6 is 0 Å². The molecule has 1 unspecified atom stereocenters. The Balaban J connectivity index is 1.94. The second kappa shape index (κ2) is 6.89. The molecule has 1 N–H and O–H groups in total. The predicted molar refractivity (Wildman–Crippen MR) is 80.8 cm³/mol. The average Bonchev–Trinajstić information content (AvgIpc) is 2.48. The summed E-state index contributed by atoms with van der Waals surface area (Å²) in [6.45, 7) is 2.68. The van der Waals surface area contributed by atoms with Gasteiger partial charge in [-0.2, -0.15) is 0 Å². The van der Waals surface area contributed by atoms with E-state index in [1.54, 1.807) is 6.92 Å². The van der Waals surface area contributed by atoms with Crippen LogP contribution in [0.15, 0.2) is 24.3 Å². The number of hydrogen-bond acceptors (Lipinski definition) is 2. The van der Waals surface area contributed by atoms with Crippen molar-refractivity contribution in [3.8, 4) is 0 Å². The van der Waals surface area contributed by atoms with Crippen molar-refractivity contribution in [2.24, 2.45) is 0 Å². The van der Waals surface area contributed by atoms with Gasteiger partial charge in [0, 0.05) is 12.6 Å². The highest BCUT2D eigenvalue weighted by atomic mass is 16.4. The molecule has 2 rings (SSSR count). The standard InChI is InChI=1S/C17H25NO2/c1-13(17(19)20)15-10-8-14(9-11-15)12-18(2)16-6-4-3-5-7-16/h8-11,13,16H,3-7,12H2,1-2H3,(H,19,20). The van der Waals surface area contributed by atoms with Crippen LogP contribution in [0.2, 0.25) is 0 Å². The molecule has 0 aromatic heterocycles. The second-order valence-corrected chi connectivity index (χ2v) is 6.01. The number of hydrogen-bond donors (Lipinski definition) is 1. The van der Waals surface area contributed by atoms with Gasteiger partial charge in [0.05, 0.1) is 5.92 Å². The van der Waals surface area contributed by atoms with E-state index in [1.807, 2.05) is 12.1 Å². The molecule has 3 heteroatoms. The lowest BCUT2D eigenvalue weighted by atomic mass is 9.94. The van der Waals surface area contributed by atoms with Crippen LogP contribution in [-0.4, -0.2) is 29.1 Å². The van der Waals surface area contributed by atoms with Gasteiger partial charge in [0.1, 0.15) is 0 Å². The van der Waals surface area contributed by atoms with Crippen LogP contribution in [-0.2, 0) is 11.3 Å². The molecule has 1 aliphatic carbocycles. The molecule has 1 atom stereocenters. The minimum atomic E-state index is -0.767. The fraction of sp³-hybridized carbons (Fsp3) is 0.588. The number of aliphatic carboxylic acids is 1. The highest BCUT2D eigenvalue weighted by Gasteiger charge is 2.18. The van der Waals surface area contributed by atoms with Crippen LogP contribution in [0, 0.1) is 0 Å². The summed E-state index contributed by atoms with van der Waals surface area (Å²) in [5.74, 6) is -1.20. The Morgan fingerprint density at radius 1 is 1.25 bits per heavy atom. The molecular weight excluding hydrogens is 250 g/mol. The molecule has 1 aromatic carbocycles. The van der Waals surface area contributed by atoms with Crippen molar-refractivity contribution < 1.29 is 9.90 Å². The van der Waals surface area contributed by atoms with Crippen molar-refractivity contribution in [3.05, 3.63) is 35.4 Å². The Kier molecular flexibility index (Phi) is 5.18. The molecular formula is C17H25NO2. The van der Waals surface area contributed by atoms with Gasteiger partial charge in [-0.25, -0.2) is 0 Å². The van der Waals surface area contributed by atoms with Crippen molar-refractivity contribution >= 4 is 5.97 Å². The molecule has 20 heavy (non-hydrogen) atoms. The highest BCUT2D eigenvalue weighted by molar-refractivity contribution is 5.75. The van der Waals surface area contributed by atoms with E-state index >= 15 is 0 Å². The first-order valence-electron chi connectivity index (χ1n) is 7.60. The molecule has 0 heterocycles. The van der Waals surface area contributed by atoms with Gasteiger partial charge in [0.15, 0.2) is 0 Å². The molecule has 1 aliphatic rings. The van der Waals surface area contributed by atoms with Gasteiger partial charge in [-0.05, 0) is 37.9 Å². The zero-order chi connectivity index (χ0) is 14.5. The van der Waals surface area contributed by atoms with Crippen LogP contribution in [0.4, 0.5) is 0 Å². The number of nitrogens with zero attached hydrogens (tertiary/aromatic N) is 1. The molecule has 0 amide bonds. The number of benzene rings is 1. The van der Waals surface area contributed by atoms with E-state index in [9.17, 15) is 4.79 Å². The zero-order valence-electron chi connectivity index (χ0n) is 12.5. The van der Waals surface area contributed by atoms with E-state index in [0.29, 0.717) is 6.04 Å². The summed E-state index contributed by atoms with van der Waals surface area (Å²) in [5.41, 5.74) is 2.14. The number of rotatable bonds is 5. The maximum atomic E-state index is 11.0. The lowest BCUT2D eigenvalue weighted by Gasteiger charge is -2.31. The monoisotopic (exact) mass is 275 g/mol. The lowest BCUT2D eigenvalue weighted by Crippen LogP contribution is -2.32. The molecule has 1 saturated carbocycles. The van der Waals surface area contributed by atoms with E-state index in [1.165, 1.54) is 37.7 Å². The smallest absolute Gasteiger partial charge is 0.310 e. The number of carboxylic acids is 1. The number of carbonyl (C=O) groups is 1. The van der Waals surface area contributed by atoms with Crippen LogP contribution in [0.3, 0.4) is 0 Å². The van der Waals surface area contributed by atoms with Gasteiger partial charge in [0.25, 0.3) is 0 Å². The van der Waals surface area contributed by atoms with E-state index < -0.39 is 11.9 Å². The van der Waals surface area contributed by atoms with Gasteiger partial charge in [-0.15, -0.1) is 0 Å². The van der Waals surface area contributed by atoms with Gasteiger partial charge >= 0.3 is 5.97 Å². The van der Waals surface area contributed by atoms with Gasteiger partial charge in [0.2, 0.25) is 0 Å². The third kappa shape index (κ3) is 3.83.